The van der Waals surface area contributed by atoms with Crippen LogP contribution in [0.3, 0.4) is 0 Å². The van der Waals surface area contributed by atoms with Crippen LogP contribution in [0.4, 0.5) is 8.78 Å². The monoisotopic (exact) mass is 252 g/mol. The number of rotatable bonds is 5. The summed E-state index contributed by atoms with van der Waals surface area (Å²) < 4.78 is 25.9. The lowest BCUT2D eigenvalue weighted by atomic mass is 9.94. The van der Waals surface area contributed by atoms with Crippen LogP contribution in [0.1, 0.15) is 68.6 Å². The number of aryl methyl sites for hydroxylation is 1. The minimum atomic E-state index is -2.56. The zero-order valence-electron chi connectivity index (χ0n) is 11.5. The van der Waals surface area contributed by atoms with Gasteiger partial charge in [-0.1, -0.05) is 32.0 Å². The highest BCUT2D eigenvalue weighted by atomic mass is 19.3. The molecule has 18 heavy (non-hydrogen) atoms. The van der Waals surface area contributed by atoms with Gasteiger partial charge < -0.3 is 0 Å². The molecule has 2 rings (SSSR count). The van der Waals surface area contributed by atoms with Crippen molar-refractivity contribution in [1.82, 2.24) is 0 Å². The van der Waals surface area contributed by atoms with Crippen LogP contribution in [0.2, 0.25) is 0 Å². The first-order chi connectivity index (χ1) is 8.35. The lowest BCUT2D eigenvalue weighted by Gasteiger charge is -2.14. The second kappa shape index (κ2) is 4.99. The first-order valence-corrected chi connectivity index (χ1v) is 6.87. The van der Waals surface area contributed by atoms with E-state index in [-0.39, 0.29) is 6.42 Å². The average molecular weight is 252 g/mol. The minimum Gasteiger partial charge on any atom is -0.207 e. The Hall–Kier alpha value is -0.920. The van der Waals surface area contributed by atoms with Gasteiger partial charge in [0.1, 0.15) is 0 Å². The van der Waals surface area contributed by atoms with E-state index in [0.29, 0.717) is 18.3 Å². The summed E-state index contributed by atoms with van der Waals surface area (Å²) in [5, 5.41) is 0. The highest BCUT2D eigenvalue weighted by molar-refractivity contribution is 5.36. The lowest BCUT2D eigenvalue weighted by molar-refractivity contribution is 0.0133. The summed E-state index contributed by atoms with van der Waals surface area (Å²) in [5.74, 6) is -1.41. The van der Waals surface area contributed by atoms with Gasteiger partial charge in [-0.05, 0) is 54.7 Å². The molecule has 1 fully saturated rings. The van der Waals surface area contributed by atoms with Gasteiger partial charge in [-0.2, -0.15) is 0 Å². The maximum Gasteiger partial charge on any atom is 0.245 e. The number of hydrogen-bond donors (Lipinski definition) is 0. The highest BCUT2D eigenvalue weighted by Crippen LogP contribution is 2.41. The van der Waals surface area contributed by atoms with Crippen molar-refractivity contribution in [3.8, 4) is 0 Å². The highest BCUT2D eigenvalue weighted by Gasteiger charge is 2.25. The lowest BCUT2D eigenvalue weighted by Crippen LogP contribution is -2.11. The van der Waals surface area contributed by atoms with Crippen molar-refractivity contribution in [3.05, 3.63) is 34.9 Å². The van der Waals surface area contributed by atoms with Crippen LogP contribution in [0.25, 0.3) is 0 Å². The molecule has 100 valence electrons. The van der Waals surface area contributed by atoms with Crippen LogP contribution >= 0.6 is 0 Å². The second-order valence-electron chi connectivity index (χ2n) is 6.01. The Labute approximate surface area is 108 Å². The van der Waals surface area contributed by atoms with Gasteiger partial charge in [0.25, 0.3) is 0 Å². The van der Waals surface area contributed by atoms with Gasteiger partial charge >= 0.3 is 0 Å². The van der Waals surface area contributed by atoms with Crippen molar-refractivity contribution in [2.45, 2.75) is 64.2 Å². The smallest absolute Gasteiger partial charge is 0.207 e. The van der Waals surface area contributed by atoms with E-state index in [1.54, 1.807) is 0 Å². The number of hydrogen-bond acceptors (Lipinski definition) is 0. The molecule has 0 aromatic heterocycles. The summed E-state index contributed by atoms with van der Waals surface area (Å²) in [4.78, 5) is 0. The van der Waals surface area contributed by atoms with Gasteiger partial charge in [0.2, 0.25) is 5.92 Å². The van der Waals surface area contributed by atoms with Crippen LogP contribution in [-0.4, -0.2) is 5.92 Å². The van der Waals surface area contributed by atoms with Crippen molar-refractivity contribution in [2.75, 3.05) is 0 Å². The standard InChI is InChI=1S/C16H22F2/c1-11(2)14-8-12(6-7-16(3,17)18)9-15(10-14)13-4-5-13/h8-11,13H,4-7H2,1-3H3. The maximum absolute atomic E-state index is 12.9. The Morgan fingerprint density at radius 1 is 1.22 bits per heavy atom. The largest absolute Gasteiger partial charge is 0.245 e. The van der Waals surface area contributed by atoms with E-state index < -0.39 is 5.92 Å². The van der Waals surface area contributed by atoms with Gasteiger partial charge in [0.05, 0.1) is 0 Å². The molecule has 0 saturated heterocycles. The van der Waals surface area contributed by atoms with E-state index in [1.165, 1.54) is 24.0 Å². The van der Waals surface area contributed by atoms with Crippen molar-refractivity contribution in [3.63, 3.8) is 0 Å². The van der Waals surface area contributed by atoms with Crippen LogP contribution < -0.4 is 0 Å². The number of halogens is 2. The molecule has 0 aliphatic heterocycles. The molecule has 2 heteroatoms. The first kappa shape index (κ1) is 13.5. The fraction of sp³-hybridized carbons (Fsp3) is 0.625. The van der Waals surface area contributed by atoms with Crippen molar-refractivity contribution in [2.24, 2.45) is 0 Å². The maximum atomic E-state index is 12.9. The first-order valence-electron chi connectivity index (χ1n) is 6.87. The van der Waals surface area contributed by atoms with Gasteiger partial charge in [-0.25, -0.2) is 8.78 Å². The van der Waals surface area contributed by atoms with Crippen LogP contribution in [0.15, 0.2) is 18.2 Å². The van der Waals surface area contributed by atoms with E-state index in [4.69, 9.17) is 0 Å². The third-order valence-corrected chi connectivity index (χ3v) is 3.61. The molecule has 0 spiro atoms. The average Bonchev–Trinajstić information content (AvgIpc) is 3.08. The summed E-state index contributed by atoms with van der Waals surface area (Å²) in [6.45, 7) is 5.32. The van der Waals surface area contributed by atoms with Gasteiger partial charge in [-0.15, -0.1) is 0 Å². The minimum absolute atomic E-state index is 0.0569. The molecular formula is C16H22F2. The molecular weight excluding hydrogens is 230 g/mol. The molecule has 1 aromatic carbocycles. The van der Waals surface area contributed by atoms with Gasteiger partial charge in [0, 0.05) is 6.42 Å². The fourth-order valence-corrected chi connectivity index (χ4v) is 2.24. The normalized spacial score (nSPS) is 16.3. The Bertz CT molecular complexity index is 391. The predicted octanol–water partition coefficient (Wildman–Crippen LogP) is 5.28. The third-order valence-electron chi connectivity index (χ3n) is 3.61. The molecule has 1 aliphatic rings. The molecule has 0 bridgehead atoms. The summed E-state index contributed by atoms with van der Waals surface area (Å²) >= 11 is 0. The molecule has 1 aromatic rings. The Kier molecular flexibility index (Phi) is 3.74. The quantitative estimate of drug-likeness (QED) is 0.669. The summed E-state index contributed by atoms with van der Waals surface area (Å²) in [6, 6.07) is 6.49. The number of alkyl halides is 2. The van der Waals surface area contributed by atoms with Gasteiger partial charge in [-0.3, -0.25) is 0 Å². The second-order valence-corrected chi connectivity index (χ2v) is 6.01. The van der Waals surface area contributed by atoms with E-state index in [2.05, 4.69) is 32.0 Å². The summed E-state index contributed by atoms with van der Waals surface area (Å²) in [5.41, 5.74) is 3.72. The van der Waals surface area contributed by atoms with Crippen LogP contribution in [0.5, 0.6) is 0 Å². The Morgan fingerprint density at radius 2 is 1.89 bits per heavy atom. The predicted molar refractivity (Wildman–Crippen MR) is 71.4 cm³/mol. The SMILES string of the molecule is CC(C)c1cc(CCC(C)(F)F)cc(C2CC2)c1. The Morgan fingerprint density at radius 3 is 2.39 bits per heavy atom. The van der Waals surface area contributed by atoms with E-state index in [1.807, 2.05) is 0 Å². The van der Waals surface area contributed by atoms with Crippen LogP contribution in [-0.2, 0) is 6.42 Å². The zero-order chi connectivity index (χ0) is 13.3. The molecule has 1 saturated carbocycles. The van der Waals surface area contributed by atoms with E-state index >= 15 is 0 Å². The van der Waals surface area contributed by atoms with Crippen molar-refractivity contribution < 1.29 is 8.78 Å². The third kappa shape index (κ3) is 3.79. The van der Waals surface area contributed by atoms with Crippen molar-refractivity contribution in [1.29, 1.82) is 0 Å². The number of benzene rings is 1. The molecule has 0 nitrogen and oxygen atoms in total. The van der Waals surface area contributed by atoms with Gasteiger partial charge in [0.15, 0.2) is 0 Å². The zero-order valence-corrected chi connectivity index (χ0v) is 11.5. The topological polar surface area (TPSA) is 0 Å². The van der Waals surface area contributed by atoms with Crippen molar-refractivity contribution >= 4 is 0 Å². The molecule has 0 amide bonds. The molecule has 0 N–H and O–H groups in total. The van der Waals surface area contributed by atoms with E-state index in [0.717, 1.165) is 12.5 Å². The summed E-state index contributed by atoms with van der Waals surface area (Å²) in [7, 11) is 0. The van der Waals surface area contributed by atoms with E-state index in [9.17, 15) is 8.78 Å². The Balaban J connectivity index is 2.17. The van der Waals surface area contributed by atoms with Crippen LogP contribution in [0, 0.1) is 0 Å². The molecule has 0 atom stereocenters. The molecule has 1 aliphatic carbocycles. The summed E-state index contributed by atoms with van der Waals surface area (Å²) in [6.07, 6.45) is 2.93. The fourth-order valence-electron chi connectivity index (χ4n) is 2.24. The molecule has 0 radical (unpaired) electrons. The molecule has 0 heterocycles. The molecule has 0 unspecified atom stereocenters.